The van der Waals surface area contributed by atoms with Crippen LogP contribution in [0.1, 0.15) is 36.8 Å². The molecule has 2 aromatic rings. The molecule has 2 fully saturated rings. The summed E-state index contributed by atoms with van der Waals surface area (Å²) in [5, 5.41) is 0. The Bertz CT molecular complexity index is 748. The van der Waals surface area contributed by atoms with Gasteiger partial charge in [0.05, 0.1) is 26.2 Å². The van der Waals surface area contributed by atoms with Gasteiger partial charge in [0.2, 0.25) is 0 Å². The van der Waals surface area contributed by atoms with Crippen molar-refractivity contribution in [1.82, 2.24) is 0 Å². The van der Waals surface area contributed by atoms with Gasteiger partial charge in [-0.25, -0.2) is 8.78 Å². The molecule has 0 spiro atoms. The Morgan fingerprint density at radius 1 is 0.815 bits per heavy atom. The van der Waals surface area contributed by atoms with E-state index < -0.39 is 0 Å². The zero-order chi connectivity index (χ0) is 18.3. The van der Waals surface area contributed by atoms with Crippen LogP contribution in [-0.2, 0) is 0 Å². The molecule has 0 N–H and O–H groups in total. The molecule has 0 aliphatic carbocycles. The summed E-state index contributed by atoms with van der Waals surface area (Å²) in [5.74, 6) is 0.0488. The predicted molar refractivity (Wildman–Crippen MR) is 102 cm³/mol. The second-order valence-electron chi connectivity index (χ2n) is 8.34. The average Bonchev–Trinajstić information content (AvgIpc) is 2.78. The minimum atomic E-state index is -0.234. The minimum Gasteiger partial charge on any atom is -1.00 e. The maximum atomic E-state index is 13.4. The van der Waals surface area contributed by atoms with E-state index in [2.05, 4.69) is 20.2 Å². The summed E-state index contributed by atoms with van der Waals surface area (Å²) in [6.45, 7) is 0. The van der Waals surface area contributed by atoms with E-state index in [4.69, 9.17) is 0 Å². The van der Waals surface area contributed by atoms with E-state index in [1.165, 1.54) is 49.9 Å². The highest BCUT2D eigenvalue weighted by molar-refractivity contribution is 5.79. The fourth-order valence-corrected chi connectivity index (χ4v) is 4.91. The summed E-state index contributed by atoms with van der Waals surface area (Å²) in [6.07, 6.45) is 7.35. The fourth-order valence-electron chi connectivity index (χ4n) is 4.91. The molecule has 0 radical (unpaired) electrons. The summed E-state index contributed by atoms with van der Waals surface area (Å²) < 4.78 is 27.9. The van der Waals surface area contributed by atoms with Crippen LogP contribution in [0.15, 0.2) is 54.6 Å². The number of allylic oxidation sites excluding steroid dienone is 1. The molecule has 2 atom stereocenters. The molecule has 27 heavy (non-hydrogen) atoms. The van der Waals surface area contributed by atoms with Crippen molar-refractivity contribution in [2.75, 3.05) is 14.1 Å². The Morgan fingerprint density at radius 3 is 1.63 bits per heavy atom. The molecule has 2 heterocycles. The van der Waals surface area contributed by atoms with Crippen molar-refractivity contribution < 1.29 is 37.2 Å². The highest BCUT2D eigenvalue weighted by Crippen LogP contribution is 2.43. The third kappa shape index (κ3) is 4.11. The van der Waals surface area contributed by atoms with Gasteiger partial charge in [0.1, 0.15) is 11.6 Å². The lowest BCUT2D eigenvalue weighted by molar-refractivity contribution is -0.931. The summed E-state index contributed by atoms with van der Waals surface area (Å²) in [4.78, 5) is 0. The van der Waals surface area contributed by atoms with Crippen molar-refractivity contribution in [3.63, 3.8) is 0 Å². The van der Waals surface area contributed by atoms with E-state index in [-0.39, 0.29) is 35.6 Å². The molecule has 0 amide bonds. The third-order valence-corrected chi connectivity index (χ3v) is 6.58. The highest BCUT2D eigenvalue weighted by atomic mass is 127. The third-order valence-electron chi connectivity index (χ3n) is 6.58. The molecule has 2 aromatic carbocycles. The van der Waals surface area contributed by atoms with E-state index in [9.17, 15) is 8.78 Å². The van der Waals surface area contributed by atoms with E-state index in [1.807, 2.05) is 24.3 Å². The maximum absolute atomic E-state index is 13.4. The van der Waals surface area contributed by atoms with Gasteiger partial charge in [-0.3, -0.25) is 0 Å². The molecule has 1 nitrogen and oxygen atoms in total. The van der Waals surface area contributed by atoms with Crippen LogP contribution in [-0.4, -0.2) is 30.7 Å². The summed E-state index contributed by atoms with van der Waals surface area (Å²) >= 11 is 0. The van der Waals surface area contributed by atoms with Crippen LogP contribution in [0.3, 0.4) is 0 Å². The average molecular weight is 481 g/mol. The lowest BCUT2D eigenvalue weighted by Crippen LogP contribution is -3.00. The lowest BCUT2D eigenvalue weighted by atomic mass is 9.85. The molecular formula is C23H26F2IN. The zero-order valence-electron chi connectivity index (χ0n) is 15.8. The van der Waals surface area contributed by atoms with Gasteiger partial charge in [0.15, 0.2) is 0 Å². The fraction of sp³-hybridized carbons (Fsp3) is 0.391. The molecule has 2 aliphatic rings. The molecular weight excluding hydrogens is 455 g/mol. The molecule has 2 bridgehead atoms. The number of fused-ring (bicyclic) bond motifs is 2. The second kappa shape index (κ2) is 8.00. The van der Waals surface area contributed by atoms with Gasteiger partial charge < -0.3 is 28.5 Å². The van der Waals surface area contributed by atoms with Gasteiger partial charge in [0, 0.05) is 25.7 Å². The van der Waals surface area contributed by atoms with E-state index in [1.54, 1.807) is 0 Å². The maximum Gasteiger partial charge on any atom is 0.123 e. The van der Waals surface area contributed by atoms with Crippen molar-refractivity contribution in [3.05, 3.63) is 77.4 Å². The van der Waals surface area contributed by atoms with Gasteiger partial charge in [-0.2, -0.15) is 0 Å². The summed E-state index contributed by atoms with van der Waals surface area (Å²) in [7, 11) is 4.73. The van der Waals surface area contributed by atoms with Crippen LogP contribution >= 0.6 is 0 Å². The SMILES string of the molecule is C[N+]1(C)[C@H]2CC[C@H]1CC(C=C(c1ccc(F)cc1)c1ccc(F)cc1)C2.[I-]. The quantitative estimate of drug-likeness (QED) is 0.467. The summed E-state index contributed by atoms with van der Waals surface area (Å²) in [6, 6.07) is 14.7. The van der Waals surface area contributed by atoms with E-state index in [0.717, 1.165) is 33.3 Å². The van der Waals surface area contributed by atoms with Crippen molar-refractivity contribution in [2.45, 2.75) is 37.8 Å². The number of hydrogen-bond acceptors (Lipinski definition) is 0. The second-order valence-corrected chi connectivity index (χ2v) is 8.34. The Hall–Kier alpha value is -1.27. The van der Waals surface area contributed by atoms with Crippen molar-refractivity contribution in [3.8, 4) is 0 Å². The van der Waals surface area contributed by atoms with Crippen molar-refractivity contribution in [1.29, 1.82) is 0 Å². The largest absolute Gasteiger partial charge is 1.00 e. The van der Waals surface area contributed by atoms with Gasteiger partial charge in [0.25, 0.3) is 0 Å². The Labute approximate surface area is 177 Å². The van der Waals surface area contributed by atoms with Crippen molar-refractivity contribution >= 4 is 5.57 Å². The first-order valence-corrected chi connectivity index (χ1v) is 9.50. The Kier molecular flexibility index (Phi) is 6.06. The molecule has 0 saturated carbocycles. The van der Waals surface area contributed by atoms with E-state index in [0.29, 0.717) is 5.92 Å². The van der Waals surface area contributed by atoms with Gasteiger partial charge in [-0.15, -0.1) is 0 Å². The van der Waals surface area contributed by atoms with Crippen LogP contribution in [0.2, 0.25) is 0 Å². The first kappa shape index (κ1) is 20.5. The van der Waals surface area contributed by atoms with Gasteiger partial charge in [-0.1, -0.05) is 30.3 Å². The normalized spacial score (nSPS) is 25.6. The van der Waals surface area contributed by atoms with Gasteiger partial charge in [-0.05, 0) is 46.9 Å². The van der Waals surface area contributed by atoms with Gasteiger partial charge >= 0.3 is 0 Å². The molecule has 2 saturated heterocycles. The van der Waals surface area contributed by atoms with Crippen LogP contribution in [0.4, 0.5) is 8.78 Å². The Balaban J connectivity index is 0.00000210. The zero-order valence-corrected chi connectivity index (χ0v) is 18.0. The molecule has 4 heteroatoms. The number of benzene rings is 2. The van der Waals surface area contributed by atoms with Crippen LogP contribution < -0.4 is 24.0 Å². The predicted octanol–water partition coefficient (Wildman–Crippen LogP) is 2.42. The number of halogens is 3. The monoisotopic (exact) mass is 481 g/mol. The van der Waals surface area contributed by atoms with Crippen LogP contribution in [0.5, 0.6) is 0 Å². The standard InChI is InChI=1S/C23H26F2N.HI/c1-26(2)21-11-12-22(26)14-16(13-21)15-23(17-3-7-19(24)8-4-17)18-5-9-20(25)10-6-18;/h3-10,15-16,21-22H,11-14H2,1-2H3;1H/q+1;/p-1/t21-,22-;/m0./s1. The molecule has 2 aliphatic heterocycles. The van der Waals surface area contributed by atoms with Crippen LogP contribution in [0, 0.1) is 17.6 Å². The Morgan fingerprint density at radius 2 is 1.22 bits per heavy atom. The first-order valence-electron chi connectivity index (χ1n) is 9.50. The van der Waals surface area contributed by atoms with E-state index >= 15 is 0 Å². The van der Waals surface area contributed by atoms with Crippen molar-refractivity contribution in [2.24, 2.45) is 5.92 Å². The molecule has 0 aromatic heterocycles. The number of rotatable bonds is 3. The first-order chi connectivity index (χ1) is 12.4. The lowest BCUT2D eigenvalue weighted by Gasteiger charge is -2.44. The highest BCUT2D eigenvalue weighted by Gasteiger charge is 2.48. The smallest absolute Gasteiger partial charge is 0.123 e. The minimum absolute atomic E-state index is 0. The molecule has 0 unspecified atom stereocenters. The summed E-state index contributed by atoms with van der Waals surface area (Å²) in [5.41, 5.74) is 3.07. The molecule has 144 valence electrons. The number of quaternary nitrogens is 1. The topological polar surface area (TPSA) is 0 Å². The molecule has 4 rings (SSSR count). The number of piperidine rings is 1. The van der Waals surface area contributed by atoms with Crippen LogP contribution in [0.25, 0.3) is 5.57 Å². The number of hydrogen-bond donors (Lipinski definition) is 0. The number of nitrogens with zero attached hydrogens (tertiary/aromatic N) is 1.